The molecular formula is C21H18BrN3O3. The van der Waals surface area contributed by atoms with Gasteiger partial charge in [0.05, 0.1) is 5.56 Å². The molecule has 0 amide bonds. The van der Waals surface area contributed by atoms with Crippen LogP contribution < -0.4 is 16.6 Å². The number of hydrogen-bond acceptors (Lipinski definition) is 4. The largest absolute Gasteiger partial charge is 0.423 e. The van der Waals surface area contributed by atoms with E-state index in [4.69, 9.17) is 4.42 Å². The zero-order chi connectivity index (χ0) is 19.8. The van der Waals surface area contributed by atoms with Gasteiger partial charge < -0.3 is 9.73 Å². The van der Waals surface area contributed by atoms with Crippen molar-refractivity contribution in [1.82, 2.24) is 9.13 Å². The molecule has 2 heterocycles. The summed E-state index contributed by atoms with van der Waals surface area (Å²) in [5.74, 6) is 0.454. The fraction of sp³-hybridized carbons (Fsp3) is 0.143. The molecule has 0 radical (unpaired) electrons. The van der Waals surface area contributed by atoms with Crippen LogP contribution in [0.3, 0.4) is 0 Å². The van der Waals surface area contributed by atoms with Crippen LogP contribution in [0.15, 0.2) is 73.1 Å². The molecule has 2 aromatic carbocycles. The van der Waals surface area contributed by atoms with Gasteiger partial charge in [-0.15, -0.1) is 0 Å². The number of hydrogen-bond donors (Lipinski definition) is 1. The van der Waals surface area contributed by atoms with Gasteiger partial charge >= 0.3 is 5.69 Å². The molecule has 4 aromatic rings. The number of rotatable bonds is 4. The Morgan fingerprint density at radius 1 is 1.00 bits per heavy atom. The Labute approximate surface area is 169 Å². The van der Waals surface area contributed by atoms with Gasteiger partial charge in [-0.25, -0.2) is 4.79 Å². The maximum Gasteiger partial charge on any atom is 0.333 e. The highest BCUT2D eigenvalue weighted by atomic mass is 79.9. The minimum absolute atomic E-state index is 0.249. The van der Waals surface area contributed by atoms with Crippen molar-refractivity contribution in [2.24, 2.45) is 14.1 Å². The maximum atomic E-state index is 12.9. The quantitative estimate of drug-likeness (QED) is 0.523. The van der Waals surface area contributed by atoms with Gasteiger partial charge in [0.15, 0.2) is 0 Å². The number of benzene rings is 2. The topological polar surface area (TPSA) is 69.2 Å². The lowest BCUT2D eigenvalue weighted by atomic mass is 10.1. The highest BCUT2D eigenvalue weighted by Crippen LogP contribution is 2.37. The summed E-state index contributed by atoms with van der Waals surface area (Å²) in [5.41, 5.74) is 1.97. The first-order valence-corrected chi connectivity index (χ1v) is 9.53. The minimum Gasteiger partial charge on any atom is -0.423 e. The summed E-state index contributed by atoms with van der Waals surface area (Å²) in [6, 6.07) is 17.5. The van der Waals surface area contributed by atoms with E-state index in [1.807, 2.05) is 54.6 Å². The van der Waals surface area contributed by atoms with Crippen LogP contribution in [0.25, 0.3) is 22.2 Å². The average molecular weight is 440 g/mol. The van der Waals surface area contributed by atoms with E-state index in [-0.39, 0.29) is 11.3 Å². The van der Waals surface area contributed by atoms with E-state index in [2.05, 4.69) is 21.2 Å². The molecule has 0 aliphatic rings. The van der Waals surface area contributed by atoms with Crippen LogP contribution in [-0.4, -0.2) is 9.13 Å². The summed E-state index contributed by atoms with van der Waals surface area (Å²) < 4.78 is 9.32. The van der Waals surface area contributed by atoms with Gasteiger partial charge in [-0.3, -0.25) is 13.9 Å². The first-order chi connectivity index (χ1) is 13.5. The molecule has 0 aliphatic carbocycles. The van der Waals surface area contributed by atoms with Gasteiger partial charge in [0.25, 0.3) is 5.56 Å². The molecule has 2 aromatic heterocycles. The van der Waals surface area contributed by atoms with Crippen molar-refractivity contribution >= 4 is 32.9 Å². The Hall–Kier alpha value is -3.06. The fourth-order valence-electron chi connectivity index (χ4n) is 3.24. The number of fused-ring (bicyclic) bond motifs is 1. The number of halogens is 1. The monoisotopic (exact) mass is 439 g/mol. The Bertz CT molecular complexity index is 1290. The van der Waals surface area contributed by atoms with Gasteiger partial charge in [-0.2, -0.15) is 0 Å². The first-order valence-electron chi connectivity index (χ1n) is 8.73. The van der Waals surface area contributed by atoms with Crippen molar-refractivity contribution in [3.05, 3.63) is 85.5 Å². The zero-order valence-corrected chi connectivity index (χ0v) is 17.0. The standard InChI is InChI=1S/C21H18BrN3O3/c1-24-19(26)17-16(14-9-6-10-15(22)11-14)18(28-20(17)25(2)21(24)27)23-12-13-7-4-3-5-8-13/h3-11,23H,12H2,1-2H3. The Kier molecular flexibility index (Phi) is 4.68. The lowest BCUT2D eigenvalue weighted by Crippen LogP contribution is -2.36. The number of anilines is 1. The van der Waals surface area contributed by atoms with Crippen molar-refractivity contribution < 1.29 is 4.42 Å². The van der Waals surface area contributed by atoms with Crippen molar-refractivity contribution in [2.75, 3.05) is 5.32 Å². The third kappa shape index (κ3) is 3.07. The molecule has 4 rings (SSSR count). The van der Waals surface area contributed by atoms with Gasteiger partial charge in [-0.05, 0) is 23.3 Å². The summed E-state index contributed by atoms with van der Waals surface area (Å²) in [7, 11) is 3.07. The normalized spacial score (nSPS) is 11.1. The van der Waals surface area contributed by atoms with Crippen LogP contribution in [0, 0.1) is 0 Å². The molecule has 28 heavy (non-hydrogen) atoms. The molecule has 0 atom stereocenters. The van der Waals surface area contributed by atoms with E-state index < -0.39 is 5.69 Å². The van der Waals surface area contributed by atoms with E-state index in [0.717, 1.165) is 20.2 Å². The second-order valence-electron chi connectivity index (χ2n) is 6.54. The van der Waals surface area contributed by atoms with E-state index in [1.165, 1.54) is 11.6 Å². The smallest absolute Gasteiger partial charge is 0.333 e. The molecule has 0 fully saturated rings. The van der Waals surface area contributed by atoms with Crippen LogP contribution in [0.5, 0.6) is 0 Å². The maximum absolute atomic E-state index is 12.9. The lowest BCUT2D eigenvalue weighted by molar-refractivity contribution is 0.573. The van der Waals surface area contributed by atoms with Crippen LogP contribution in [0.2, 0.25) is 0 Å². The number of aromatic nitrogens is 2. The molecule has 142 valence electrons. The third-order valence-corrected chi connectivity index (χ3v) is 5.19. The Morgan fingerprint density at radius 3 is 2.46 bits per heavy atom. The highest BCUT2D eigenvalue weighted by molar-refractivity contribution is 9.10. The number of aryl methyl sites for hydroxylation is 1. The molecule has 0 spiro atoms. The molecular weight excluding hydrogens is 422 g/mol. The van der Waals surface area contributed by atoms with E-state index >= 15 is 0 Å². The second-order valence-corrected chi connectivity index (χ2v) is 7.46. The van der Waals surface area contributed by atoms with Crippen molar-refractivity contribution in [1.29, 1.82) is 0 Å². The summed E-state index contributed by atoms with van der Waals surface area (Å²) in [6.07, 6.45) is 0. The Morgan fingerprint density at radius 2 is 1.75 bits per heavy atom. The predicted octanol–water partition coefficient (Wildman–Crippen LogP) is 3.87. The molecule has 0 saturated carbocycles. The Balaban J connectivity index is 1.97. The van der Waals surface area contributed by atoms with Crippen LogP contribution >= 0.6 is 15.9 Å². The number of furan rings is 1. The SMILES string of the molecule is Cn1c(=O)c2c(-c3cccc(Br)c3)c(NCc3ccccc3)oc2n(C)c1=O. The van der Waals surface area contributed by atoms with E-state index in [9.17, 15) is 9.59 Å². The number of nitrogens with zero attached hydrogens (tertiary/aromatic N) is 2. The lowest BCUT2D eigenvalue weighted by Gasteiger charge is -2.07. The summed E-state index contributed by atoms with van der Waals surface area (Å²) in [6.45, 7) is 0.524. The second kappa shape index (κ2) is 7.16. The average Bonchev–Trinajstić information content (AvgIpc) is 3.09. The zero-order valence-electron chi connectivity index (χ0n) is 15.4. The molecule has 0 aliphatic heterocycles. The third-order valence-electron chi connectivity index (χ3n) is 4.70. The number of nitrogens with one attached hydrogen (secondary N) is 1. The van der Waals surface area contributed by atoms with Crippen LogP contribution in [0.4, 0.5) is 5.88 Å². The fourth-order valence-corrected chi connectivity index (χ4v) is 3.64. The molecule has 7 heteroatoms. The summed E-state index contributed by atoms with van der Waals surface area (Å²) >= 11 is 3.48. The summed E-state index contributed by atoms with van der Waals surface area (Å²) in [5, 5.41) is 3.66. The highest BCUT2D eigenvalue weighted by Gasteiger charge is 2.23. The van der Waals surface area contributed by atoms with Crippen molar-refractivity contribution in [2.45, 2.75) is 6.54 Å². The van der Waals surface area contributed by atoms with Gasteiger partial charge in [0.1, 0.15) is 5.39 Å². The van der Waals surface area contributed by atoms with Crippen molar-refractivity contribution in [3.8, 4) is 11.1 Å². The molecule has 0 unspecified atom stereocenters. The van der Waals surface area contributed by atoms with Gasteiger partial charge in [0.2, 0.25) is 11.6 Å². The molecule has 1 N–H and O–H groups in total. The summed E-state index contributed by atoms with van der Waals surface area (Å²) in [4.78, 5) is 25.2. The molecule has 6 nitrogen and oxygen atoms in total. The van der Waals surface area contributed by atoms with Crippen molar-refractivity contribution in [3.63, 3.8) is 0 Å². The molecule has 0 bridgehead atoms. The van der Waals surface area contributed by atoms with Gasteiger partial charge in [-0.1, -0.05) is 58.4 Å². The van der Waals surface area contributed by atoms with E-state index in [1.54, 1.807) is 7.05 Å². The van der Waals surface area contributed by atoms with Crippen LogP contribution in [-0.2, 0) is 20.6 Å². The minimum atomic E-state index is -0.429. The van der Waals surface area contributed by atoms with Crippen LogP contribution in [0.1, 0.15) is 5.56 Å². The van der Waals surface area contributed by atoms with Gasteiger partial charge in [0, 0.05) is 25.1 Å². The molecule has 0 saturated heterocycles. The van der Waals surface area contributed by atoms with E-state index in [0.29, 0.717) is 23.4 Å². The predicted molar refractivity (Wildman–Crippen MR) is 114 cm³/mol. The first kappa shape index (κ1) is 18.3.